The second-order valence-corrected chi connectivity index (χ2v) is 5.05. The van der Waals surface area contributed by atoms with Gasteiger partial charge in [0.05, 0.1) is 6.04 Å². The number of nitrogens with zero attached hydrogens (tertiary/aromatic N) is 1. The summed E-state index contributed by atoms with van der Waals surface area (Å²) in [6.45, 7) is 3.93. The van der Waals surface area contributed by atoms with Crippen LogP contribution in [-0.4, -0.2) is 35.7 Å². The molecule has 2 N–H and O–H groups in total. The Hall–Kier alpha value is -1.62. The quantitative estimate of drug-likeness (QED) is 0.843. The third kappa shape index (κ3) is 4.81. The van der Waals surface area contributed by atoms with Crippen molar-refractivity contribution in [1.82, 2.24) is 10.2 Å². The number of amides is 2. The summed E-state index contributed by atoms with van der Waals surface area (Å²) in [5, 5.41) is 11.6. The van der Waals surface area contributed by atoms with Crippen LogP contribution in [0.25, 0.3) is 0 Å². The van der Waals surface area contributed by atoms with Crippen molar-refractivity contribution < 1.29 is 14.3 Å². The zero-order chi connectivity index (χ0) is 15.1. The second kappa shape index (κ2) is 7.85. The highest BCUT2D eigenvalue weighted by Crippen LogP contribution is 2.19. The summed E-state index contributed by atoms with van der Waals surface area (Å²) in [5.74, 6) is -0.286. The lowest BCUT2D eigenvalue weighted by Crippen LogP contribution is -2.43. The summed E-state index contributed by atoms with van der Waals surface area (Å²) in [7, 11) is 1.71. The van der Waals surface area contributed by atoms with Gasteiger partial charge in [0, 0.05) is 19.7 Å². The first-order valence-electron chi connectivity index (χ1n) is 6.85. The molecular weight excluding hydrogens is 259 g/mol. The molecule has 1 aromatic carbocycles. The molecule has 0 bridgehead atoms. The fourth-order valence-electron chi connectivity index (χ4n) is 1.92. The first kappa shape index (κ1) is 16.4. The average molecular weight is 282 g/mol. The molecule has 0 spiro atoms. The molecule has 2 unspecified atom stereocenters. The average Bonchev–Trinajstić information content (AvgIpc) is 2.44. The van der Waals surface area contributed by atoms with Gasteiger partial charge in [0.1, 0.15) is 5.82 Å². The van der Waals surface area contributed by atoms with Crippen molar-refractivity contribution in [3.63, 3.8) is 0 Å². The maximum atomic E-state index is 12.9. The highest BCUT2D eigenvalue weighted by Gasteiger charge is 2.18. The van der Waals surface area contributed by atoms with Crippen LogP contribution in [0.15, 0.2) is 24.3 Å². The molecule has 0 heterocycles. The van der Waals surface area contributed by atoms with Crippen molar-refractivity contribution in [2.24, 2.45) is 0 Å². The molecule has 0 aromatic heterocycles. The van der Waals surface area contributed by atoms with Crippen LogP contribution in [0.2, 0.25) is 0 Å². The topological polar surface area (TPSA) is 52.6 Å². The van der Waals surface area contributed by atoms with E-state index < -0.39 is 0 Å². The van der Waals surface area contributed by atoms with E-state index in [1.807, 2.05) is 13.8 Å². The van der Waals surface area contributed by atoms with Crippen LogP contribution in [0, 0.1) is 5.82 Å². The van der Waals surface area contributed by atoms with Crippen LogP contribution in [0.3, 0.4) is 0 Å². The zero-order valence-corrected chi connectivity index (χ0v) is 12.3. The predicted molar refractivity (Wildman–Crippen MR) is 76.9 cm³/mol. The van der Waals surface area contributed by atoms with Gasteiger partial charge in [-0.05, 0) is 44.4 Å². The van der Waals surface area contributed by atoms with Gasteiger partial charge in [0.2, 0.25) is 0 Å². The Morgan fingerprint density at radius 2 is 1.95 bits per heavy atom. The molecule has 0 aliphatic carbocycles. The van der Waals surface area contributed by atoms with Crippen LogP contribution in [0.5, 0.6) is 0 Å². The SMILES string of the molecule is CC(CCCO)NC(=O)N(C)C(C)c1ccc(F)cc1. The van der Waals surface area contributed by atoms with E-state index in [4.69, 9.17) is 5.11 Å². The number of aliphatic hydroxyl groups is 1. The monoisotopic (exact) mass is 282 g/mol. The van der Waals surface area contributed by atoms with E-state index in [0.29, 0.717) is 6.42 Å². The van der Waals surface area contributed by atoms with E-state index in [9.17, 15) is 9.18 Å². The Morgan fingerprint density at radius 3 is 2.50 bits per heavy atom. The van der Waals surface area contributed by atoms with Crippen molar-refractivity contribution in [3.8, 4) is 0 Å². The minimum absolute atomic E-state index is 0.0116. The number of halogens is 1. The molecule has 20 heavy (non-hydrogen) atoms. The molecule has 0 fully saturated rings. The lowest BCUT2D eigenvalue weighted by Gasteiger charge is -2.27. The third-order valence-electron chi connectivity index (χ3n) is 3.42. The molecule has 0 saturated heterocycles. The van der Waals surface area contributed by atoms with Gasteiger partial charge in [-0.2, -0.15) is 0 Å². The zero-order valence-electron chi connectivity index (χ0n) is 12.3. The van der Waals surface area contributed by atoms with Crippen LogP contribution < -0.4 is 5.32 Å². The Bertz CT molecular complexity index is 422. The molecule has 2 amide bonds. The Labute approximate surface area is 119 Å². The third-order valence-corrected chi connectivity index (χ3v) is 3.42. The maximum absolute atomic E-state index is 12.9. The smallest absolute Gasteiger partial charge is 0.317 e. The Balaban J connectivity index is 2.57. The summed E-state index contributed by atoms with van der Waals surface area (Å²) < 4.78 is 12.9. The number of carbonyl (C=O) groups is 1. The van der Waals surface area contributed by atoms with Gasteiger partial charge in [-0.3, -0.25) is 0 Å². The number of aliphatic hydroxyl groups excluding tert-OH is 1. The summed E-state index contributed by atoms with van der Waals surface area (Å²) in [6.07, 6.45) is 1.40. The number of hydrogen-bond acceptors (Lipinski definition) is 2. The number of rotatable bonds is 6. The van der Waals surface area contributed by atoms with Gasteiger partial charge in [-0.25, -0.2) is 9.18 Å². The lowest BCUT2D eigenvalue weighted by molar-refractivity contribution is 0.189. The second-order valence-electron chi connectivity index (χ2n) is 5.05. The standard InChI is InChI=1S/C15H23FN2O2/c1-11(5-4-10-19)17-15(20)18(3)12(2)13-6-8-14(16)9-7-13/h6-9,11-12,19H,4-5,10H2,1-3H3,(H,17,20). The molecule has 0 saturated carbocycles. The minimum Gasteiger partial charge on any atom is -0.396 e. The normalized spacial score (nSPS) is 13.7. The Kier molecular flexibility index (Phi) is 6.45. The van der Waals surface area contributed by atoms with E-state index in [1.165, 1.54) is 12.1 Å². The molecule has 0 aliphatic rings. The maximum Gasteiger partial charge on any atom is 0.317 e. The van der Waals surface area contributed by atoms with E-state index in [-0.39, 0.29) is 30.5 Å². The van der Waals surface area contributed by atoms with Gasteiger partial charge in [-0.15, -0.1) is 0 Å². The van der Waals surface area contributed by atoms with Gasteiger partial charge in [0.15, 0.2) is 0 Å². The summed E-state index contributed by atoms with van der Waals surface area (Å²) >= 11 is 0. The molecule has 5 heteroatoms. The van der Waals surface area contributed by atoms with Gasteiger partial charge in [0.25, 0.3) is 0 Å². The van der Waals surface area contributed by atoms with Crippen LogP contribution in [0.1, 0.15) is 38.3 Å². The van der Waals surface area contributed by atoms with Crippen molar-refractivity contribution in [2.45, 2.75) is 38.8 Å². The van der Waals surface area contributed by atoms with Crippen LogP contribution in [-0.2, 0) is 0 Å². The largest absolute Gasteiger partial charge is 0.396 e. The van der Waals surface area contributed by atoms with Crippen molar-refractivity contribution in [1.29, 1.82) is 0 Å². The van der Waals surface area contributed by atoms with Crippen molar-refractivity contribution in [2.75, 3.05) is 13.7 Å². The summed E-state index contributed by atoms with van der Waals surface area (Å²) in [4.78, 5) is 13.7. The fourth-order valence-corrected chi connectivity index (χ4v) is 1.92. The van der Waals surface area contributed by atoms with Crippen molar-refractivity contribution in [3.05, 3.63) is 35.6 Å². The highest BCUT2D eigenvalue weighted by atomic mass is 19.1. The molecular formula is C15H23FN2O2. The molecule has 1 aromatic rings. The van der Waals surface area contributed by atoms with Gasteiger partial charge >= 0.3 is 6.03 Å². The number of hydrogen-bond donors (Lipinski definition) is 2. The minimum atomic E-state index is -0.286. The summed E-state index contributed by atoms with van der Waals surface area (Å²) in [6, 6.07) is 5.84. The first-order chi connectivity index (χ1) is 9.45. The van der Waals surface area contributed by atoms with E-state index >= 15 is 0 Å². The fraction of sp³-hybridized carbons (Fsp3) is 0.533. The molecule has 0 aliphatic heterocycles. The highest BCUT2D eigenvalue weighted by molar-refractivity contribution is 5.74. The van der Waals surface area contributed by atoms with E-state index in [1.54, 1.807) is 24.1 Å². The number of benzene rings is 1. The molecule has 0 radical (unpaired) electrons. The summed E-state index contributed by atoms with van der Waals surface area (Å²) in [5.41, 5.74) is 0.882. The molecule has 2 atom stereocenters. The predicted octanol–water partition coefficient (Wildman–Crippen LogP) is 2.69. The first-order valence-corrected chi connectivity index (χ1v) is 6.85. The van der Waals surface area contributed by atoms with Crippen molar-refractivity contribution >= 4 is 6.03 Å². The molecule has 1 rings (SSSR count). The Morgan fingerprint density at radius 1 is 1.35 bits per heavy atom. The van der Waals surface area contributed by atoms with E-state index in [2.05, 4.69) is 5.32 Å². The van der Waals surface area contributed by atoms with E-state index in [0.717, 1.165) is 12.0 Å². The number of carbonyl (C=O) groups excluding carboxylic acids is 1. The number of nitrogens with one attached hydrogen (secondary N) is 1. The lowest BCUT2D eigenvalue weighted by atomic mass is 10.1. The molecule has 4 nitrogen and oxygen atoms in total. The number of urea groups is 1. The van der Waals surface area contributed by atoms with Gasteiger partial charge < -0.3 is 15.3 Å². The van der Waals surface area contributed by atoms with Gasteiger partial charge in [-0.1, -0.05) is 12.1 Å². The van der Waals surface area contributed by atoms with Crippen LogP contribution >= 0.6 is 0 Å². The van der Waals surface area contributed by atoms with Crippen LogP contribution in [0.4, 0.5) is 9.18 Å². The molecule has 112 valence electrons.